The number of nitrogen functional groups attached to an aromatic ring is 1. The van der Waals surface area contributed by atoms with Crippen LogP contribution in [0, 0.1) is 0 Å². The zero-order valence-corrected chi connectivity index (χ0v) is 11.3. The number of rotatable bonds is 6. The molecule has 0 aliphatic carbocycles. The summed E-state index contributed by atoms with van der Waals surface area (Å²) in [6.45, 7) is 4.73. The summed E-state index contributed by atoms with van der Waals surface area (Å²) in [6.07, 6.45) is 4.50. The maximum absolute atomic E-state index is 6.08. The number of nitrogens with zero attached hydrogens (tertiary/aromatic N) is 1. The Morgan fingerprint density at radius 3 is 2.95 bits per heavy atom. The molecule has 0 spiro atoms. The van der Waals surface area contributed by atoms with E-state index in [9.17, 15) is 0 Å². The molecule has 19 heavy (non-hydrogen) atoms. The van der Waals surface area contributed by atoms with Crippen LogP contribution >= 0.6 is 0 Å². The molecule has 0 unspecified atom stereocenters. The molecule has 0 radical (unpaired) electrons. The molecular formula is C14H20N4O. The molecule has 5 nitrogen and oxygen atoms in total. The Balaban J connectivity index is 1.96. The molecule has 0 atom stereocenters. The summed E-state index contributed by atoms with van der Waals surface area (Å²) < 4.78 is 5.65. The van der Waals surface area contributed by atoms with Crippen molar-refractivity contribution >= 4 is 11.4 Å². The monoisotopic (exact) mass is 260 g/mol. The second-order valence-corrected chi connectivity index (χ2v) is 4.60. The van der Waals surface area contributed by atoms with Gasteiger partial charge in [-0.15, -0.1) is 0 Å². The highest BCUT2D eigenvalue weighted by atomic mass is 16.5. The Bertz CT molecular complexity index is 508. The smallest absolute Gasteiger partial charge is 0.144 e. The van der Waals surface area contributed by atoms with Crippen LogP contribution in [0.5, 0.6) is 5.75 Å². The number of aromatic nitrogens is 2. The third-order valence-corrected chi connectivity index (χ3v) is 2.66. The summed E-state index contributed by atoms with van der Waals surface area (Å²) in [5.41, 5.74) is 7.62. The van der Waals surface area contributed by atoms with Crippen LogP contribution in [0.1, 0.15) is 19.7 Å². The first-order valence-electron chi connectivity index (χ1n) is 6.44. The molecule has 102 valence electrons. The van der Waals surface area contributed by atoms with Gasteiger partial charge in [-0.1, -0.05) is 6.07 Å². The van der Waals surface area contributed by atoms with Crippen LogP contribution in [0.2, 0.25) is 0 Å². The van der Waals surface area contributed by atoms with Crippen molar-refractivity contribution in [3.05, 3.63) is 36.4 Å². The van der Waals surface area contributed by atoms with Crippen LogP contribution < -0.4 is 15.8 Å². The van der Waals surface area contributed by atoms with Crippen LogP contribution in [0.25, 0.3) is 0 Å². The van der Waals surface area contributed by atoms with Crippen LogP contribution in [0.15, 0.2) is 30.6 Å². The molecule has 0 aliphatic rings. The Labute approximate surface area is 113 Å². The second kappa shape index (κ2) is 6.13. The summed E-state index contributed by atoms with van der Waals surface area (Å²) in [6, 6.07) is 5.76. The van der Waals surface area contributed by atoms with E-state index >= 15 is 0 Å². The van der Waals surface area contributed by atoms with Gasteiger partial charge in [0.1, 0.15) is 11.6 Å². The number of para-hydroxylation sites is 1. The molecule has 2 aromatic rings. The van der Waals surface area contributed by atoms with E-state index in [1.165, 1.54) is 0 Å². The Kier molecular flexibility index (Phi) is 4.28. The molecule has 0 saturated heterocycles. The van der Waals surface area contributed by atoms with Crippen molar-refractivity contribution in [2.45, 2.75) is 26.4 Å². The van der Waals surface area contributed by atoms with Gasteiger partial charge in [0.05, 0.1) is 17.5 Å². The molecule has 0 bridgehead atoms. The Morgan fingerprint density at radius 2 is 2.26 bits per heavy atom. The van der Waals surface area contributed by atoms with Crippen LogP contribution in [0.4, 0.5) is 11.4 Å². The number of H-pyrrole nitrogens is 1. The molecule has 1 aromatic heterocycles. The zero-order chi connectivity index (χ0) is 13.7. The lowest BCUT2D eigenvalue weighted by Gasteiger charge is -2.15. The number of ether oxygens (including phenoxy) is 1. The fourth-order valence-corrected chi connectivity index (χ4v) is 1.81. The first-order chi connectivity index (χ1) is 9.16. The number of aromatic amines is 1. The largest absolute Gasteiger partial charge is 0.489 e. The molecule has 4 N–H and O–H groups in total. The highest BCUT2D eigenvalue weighted by Gasteiger charge is 2.07. The van der Waals surface area contributed by atoms with E-state index in [2.05, 4.69) is 15.3 Å². The fourth-order valence-electron chi connectivity index (χ4n) is 1.81. The summed E-state index contributed by atoms with van der Waals surface area (Å²) in [7, 11) is 0. The molecule has 1 heterocycles. The third kappa shape index (κ3) is 3.64. The van der Waals surface area contributed by atoms with Gasteiger partial charge in [-0.25, -0.2) is 4.98 Å². The van der Waals surface area contributed by atoms with Crippen molar-refractivity contribution in [3.63, 3.8) is 0 Å². The van der Waals surface area contributed by atoms with Gasteiger partial charge in [-0.3, -0.25) is 0 Å². The standard InChI is InChI=1S/C14H20N4O/c1-10(2)19-12-5-3-4-11(14(12)15)16-7-6-13-17-8-9-18-13/h3-5,8-10,16H,6-7,15H2,1-2H3,(H,17,18). The van der Waals surface area contributed by atoms with E-state index in [0.717, 1.165) is 30.2 Å². The maximum Gasteiger partial charge on any atom is 0.144 e. The molecule has 0 saturated carbocycles. The number of anilines is 2. The maximum atomic E-state index is 6.08. The van der Waals surface area contributed by atoms with Gasteiger partial charge in [0, 0.05) is 25.4 Å². The first-order valence-corrected chi connectivity index (χ1v) is 6.44. The number of nitrogens with two attached hydrogens (primary N) is 1. The number of hydrogen-bond acceptors (Lipinski definition) is 4. The van der Waals surface area contributed by atoms with Gasteiger partial charge in [-0.2, -0.15) is 0 Å². The highest BCUT2D eigenvalue weighted by Crippen LogP contribution is 2.29. The Hall–Kier alpha value is -2.17. The van der Waals surface area contributed by atoms with E-state index in [1.807, 2.05) is 38.2 Å². The van der Waals surface area contributed by atoms with Crippen LogP contribution in [-0.4, -0.2) is 22.6 Å². The summed E-state index contributed by atoms with van der Waals surface area (Å²) >= 11 is 0. The minimum atomic E-state index is 0.112. The summed E-state index contributed by atoms with van der Waals surface area (Å²) in [5.74, 6) is 1.68. The third-order valence-electron chi connectivity index (χ3n) is 2.66. The highest BCUT2D eigenvalue weighted by molar-refractivity contribution is 5.72. The average Bonchev–Trinajstić information content (AvgIpc) is 2.86. The molecule has 1 aromatic carbocycles. The number of nitrogens with one attached hydrogen (secondary N) is 2. The van der Waals surface area contributed by atoms with Gasteiger partial charge >= 0.3 is 0 Å². The number of benzene rings is 1. The first kappa shape index (κ1) is 13.3. The molecule has 0 fully saturated rings. The number of hydrogen-bond donors (Lipinski definition) is 3. The van der Waals surface area contributed by atoms with E-state index in [4.69, 9.17) is 10.5 Å². The molecule has 0 aliphatic heterocycles. The van der Waals surface area contributed by atoms with Crippen molar-refractivity contribution in [1.29, 1.82) is 0 Å². The average molecular weight is 260 g/mol. The minimum Gasteiger partial charge on any atom is -0.489 e. The zero-order valence-electron chi connectivity index (χ0n) is 11.3. The van der Waals surface area contributed by atoms with Gasteiger partial charge < -0.3 is 20.8 Å². The van der Waals surface area contributed by atoms with E-state index < -0.39 is 0 Å². The lowest BCUT2D eigenvalue weighted by atomic mass is 10.2. The second-order valence-electron chi connectivity index (χ2n) is 4.60. The number of imidazole rings is 1. The van der Waals surface area contributed by atoms with Crippen molar-refractivity contribution in [3.8, 4) is 5.75 Å². The quantitative estimate of drug-likeness (QED) is 0.697. The summed E-state index contributed by atoms with van der Waals surface area (Å²) in [5, 5.41) is 3.30. The van der Waals surface area contributed by atoms with E-state index in [0.29, 0.717) is 5.69 Å². The topological polar surface area (TPSA) is 76.0 Å². The van der Waals surface area contributed by atoms with E-state index in [1.54, 1.807) is 6.20 Å². The summed E-state index contributed by atoms with van der Waals surface area (Å²) in [4.78, 5) is 7.24. The van der Waals surface area contributed by atoms with Crippen molar-refractivity contribution in [2.24, 2.45) is 0 Å². The normalized spacial score (nSPS) is 10.7. The van der Waals surface area contributed by atoms with Crippen molar-refractivity contribution < 1.29 is 4.74 Å². The lowest BCUT2D eigenvalue weighted by molar-refractivity contribution is 0.244. The molecule has 0 amide bonds. The van der Waals surface area contributed by atoms with Crippen LogP contribution in [0.3, 0.4) is 0 Å². The predicted molar refractivity (Wildman–Crippen MR) is 77.4 cm³/mol. The lowest BCUT2D eigenvalue weighted by Crippen LogP contribution is -2.11. The van der Waals surface area contributed by atoms with E-state index in [-0.39, 0.29) is 6.10 Å². The van der Waals surface area contributed by atoms with Gasteiger partial charge in [0.15, 0.2) is 0 Å². The van der Waals surface area contributed by atoms with Gasteiger partial charge in [0.2, 0.25) is 0 Å². The SMILES string of the molecule is CC(C)Oc1cccc(NCCc2ncc[nH]2)c1N. The fraction of sp³-hybridized carbons (Fsp3) is 0.357. The molecule has 5 heteroatoms. The van der Waals surface area contributed by atoms with Crippen molar-refractivity contribution in [2.75, 3.05) is 17.6 Å². The van der Waals surface area contributed by atoms with Gasteiger partial charge in [0.25, 0.3) is 0 Å². The Morgan fingerprint density at radius 1 is 1.42 bits per heavy atom. The molecule has 2 rings (SSSR count). The minimum absolute atomic E-state index is 0.112. The van der Waals surface area contributed by atoms with Crippen molar-refractivity contribution in [1.82, 2.24) is 9.97 Å². The predicted octanol–water partition coefficient (Wildman–Crippen LogP) is 2.43. The van der Waals surface area contributed by atoms with Gasteiger partial charge in [-0.05, 0) is 26.0 Å². The molecular weight excluding hydrogens is 240 g/mol. The van der Waals surface area contributed by atoms with Crippen LogP contribution in [-0.2, 0) is 6.42 Å².